The predicted molar refractivity (Wildman–Crippen MR) is 45.1 cm³/mol. The minimum atomic E-state index is 1.18. The first-order valence-corrected chi connectivity index (χ1v) is 4.27. The number of unbranched alkanes of at least 4 members (excludes halogenated alkanes) is 1. The van der Waals surface area contributed by atoms with Crippen LogP contribution in [0, 0.1) is 0 Å². The van der Waals surface area contributed by atoms with E-state index < -0.39 is 0 Å². The number of nitrogens with zero attached hydrogens (tertiary/aromatic N) is 1. The van der Waals surface area contributed by atoms with E-state index in [2.05, 4.69) is 11.5 Å². The van der Waals surface area contributed by atoms with Gasteiger partial charge in [-0.2, -0.15) is 0 Å². The van der Waals surface area contributed by atoms with Crippen molar-refractivity contribution in [1.29, 1.82) is 0 Å². The van der Waals surface area contributed by atoms with Gasteiger partial charge in [-0.15, -0.1) is 6.58 Å². The molecule has 0 aliphatic carbocycles. The number of rotatable bonds is 4. The standard InChI is InChI=1S/C9H17N/c1-2-3-4-7-10-8-5-6-9-10/h2H,1,3-9H2. The van der Waals surface area contributed by atoms with E-state index in [-0.39, 0.29) is 0 Å². The molecule has 0 unspecified atom stereocenters. The maximum absolute atomic E-state index is 3.71. The average molecular weight is 139 g/mol. The summed E-state index contributed by atoms with van der Waals surface area (Å²) in [4.78, 5) is 2.55. The van der Waals surface area contributed by atoms with Crippen molar-refractivity contribution in [2.45, 2.75) is 25.7 Å². The van der Waals surface area contributed by atoms with Crippen molar-refractivity contribution in [2.24, 2.45) is 0 Å². The first kappa shape index (κ1) is 7.80. The summed E-state index contributed by atoms with van der Waals surface area (Å²) in [5, 5.41) is 0. The lowest BCUT2D eigenvalue weighted by Gasteiger charge is -2.12. The monoisotopic (exact) mass is 139 g/mol. The Kier molecular flexibility index (Phi) is 3.52. The SMILES string of the molecule is C=CCCCN1CCCC1. The molecule has 0 atom stereocenters. The number of hydrogen-bond acceptors (Lipinski definition) is 1. The van der Waals surface area contributed by atoms with Crippen molar-refractivity contribution >= 4 is 0 Å². The van der Waals surface area contributed by atoms with E-state index in [0.29, 0.717) is 0 Å². The predicted octanol–water partition coefficient (Wildman–Crippen LogP) is 2.05. The van der Waals surface area contributed by atoms with E-state index in [0.717, 1.165) is 0 Å². The molecule has 0 aromatic heterocycles. The summed E-state index contributed by atoms with van der Waals surface area (Å²) in [7, 11) is 0. The highest BCUT2D eigenvalue weighted by Crippen LogP contribution is 2.07. The van der Waals surface area contributed by atoms with Gasteiger partial charge < -0.3 is 4.90 Å². The van der Waals surface area contributed by atoms with Gasteiger partial charge in [-0.1, -0.05) is 6.08 Å². The van der Waals surface area contributed by atoms with Gasteiger partial charge in [0.1, 0.15) is 0 Å². The second kappa shape index (κ2) is 4.51. The molecule has 0 amide bonds. The van der Waals surface area contributed by atoms with Crippen molar-refractivity contribution < 1.29 is 0 Å². The van der Waals surface area contributed by atoms with Crippen LogP contribution in [0.5, 0.6) is 0 Å². The summed E-state index contributed by atoms with van der Waals surface area (Å²) in [6.45, 7) is 7.65. The van der Waals surface area contributed by atoms with Gasteiger partial charge >= 0.3 is 0 Å². The number of hydrogen-bond donors (Lipinski definition) is 0. The van der Waals surface area contributed by atoms with Crippen molar-refractivity contribution in [3.8, 4) is 0 Å². The lowest BCUT2D eigenvalue weighted by Crippen LogP contribution is -2.19. The summed E-state index contributed by atoms with van der Waals surface area (Å²) < 4.78 is 0. The van der Waals surface area contributed by atoms with Crippen molar-refractivity contribution in [2.75, 3.05) is 19.6 Å². The molecule has 1 fully saturated rings. The second-order valence-corrected chi connectivity index (χ2v) is 2.98. The van der Waals surface area contributed by atoms with Gasteiger partial charge in [0.15, 0.2) is 0 Å². The Morgan fingerprint density at radius 2 is 2.00 bits per heavy atom. The fraction of sp³-hybridized carbons (Fsp3) is 0.778. The Morgan fingerprint density at radius 1 is 1.30 bits per heavy atom. The highest BCUT2D eigenvalue weighted by atomic mass is 15.1. The van der Waals surface area contributed by atoms with Crippen LogP contribution >= 0.6 is 0 Å². The maximum atomic E-state index is 3.71. The van der Waals surface area contributed by atoms with Crippen LogP contribution < -0.4 is 0 Å². The zero-order valence-corrected chi connectivity index (χ0v) is 6.68. The first-order chi connectivity index (χ1) is 4.93. The van der Waals surface area contributed by atoms with Gasteiger partial charge in [-0.05, 0) is 45.3 Å². The van der Waals surface area contributed by atoms with E-state index in [4.69, 9.17) is 0 Å². The molecule has 0 saturated carbocycles. The molecule has 0 spiro atoms. The molecule has 1 nitrogen and oxygen atoms in total. The highest BCUT2D eigenvalue weighted by molar-refractivity contribution is 4.70. The van der Waals surface area contributed by atoms with Crippen LogP contribution in [0.15, 0.2) is 12.7 Å². The van der Waals surface area contributed by atoms with E-state index >= 15 is 0 Å². The molecular weight excluding hydrogens is 122 g/mol. The molecule has 1 saturated heterocycles. The zero-order chi connectivity index (χ0) is 7.23. The average Bonchev–Trinajstić information content (AvgIpc) is 2.41. The Balaban J connectivity index is 1.96. The molecule has 0 radical (unpaired) electrons. The molecular formula is C9H17N. The van der Waals surface area contributed by atoms with Gasteiger partial charge in [0, 0.05) is 0 Å². The van der Waals surface area contributed by atoms with Crippen LogP contribution in [0.2, 0.25) is 0 Å². The summed E-state index contributed by atoms with van der Waals surface area (Å²) >= 11 is 0. The van der Waals surface area contributed by atoms with Crippen LogP contribution in [0.4, 0.5) is 0 Å². The highest BCUT2D eigenvalue weighted by Gasteiger charge is 2.09. The summed E-state index contributed by atoms with van der Waals surface area (Å²) in [6, 6.07) is 0. The van der Waals surface area contributed by atoms with E-state index in [1.165, 1.54) is 45.3 Å². The van der Waals surface area contributed by atoms with Gasteiger partial charge in [0.2, 0.25) is 0 Å². The summed E-state index contributed by atoms with van der Waals surface area (Å²) in [5.74, 6) is 0. The van der Waals surface area contributed by atoms with Crippen molar-refractivity contribution in [1.82, 2.24) is 4.90 Å². The minimum absolute atomic E-state index is 1.18. The topological polar surface area (TPSA) is 3.24 Å². The van der Waals surface area contributed by atoms with Gasteiger partial charge in [0.05, 0.1) is 0 Å². The van der Waals surface area contributed by atoms with Crippen molar-refractivity contribution in [3.05, 3.63) is 12.7 Å². The molecule has 0 aromatic rings. The van der Waals surface area contributed by atoms with Crippen molar-refractivity contribution in [3.63, 3.8) is 0 Å². The fourth-order valence-corrected chi connectivity index (χ4v) is 1.47. The third-order valence-electron chi connectivity index (χ3n) is 2.08. The fourth-order valence-electron chi connectivity index (χ4n) is 1.47. The molecule has 1 aliphatic rings. The lowest BCUT2D eigenvalue weighted by molar-refractivity contribution is 0.335. The Hall–Kier alpha value is -0.300. The van der Waals surface area contributed by atoms with Crippen LogP contribution in [-0.2, 0) is 0 Å². The largest absolute Gasteiger partial charge is 0.303 e. The third-order valence-corrected chi connectivity index (χ3v) is 2.08. The molecule has 1 rings (SSSR count). The molecule has 1 aliphatic heterocycles. The summed E-state index contributed by atoms with van der Waals surface area (Å²) in [5.41, 5.74) is 0. The quantitative estimate of drug-likeness (QED) is 0.425. The van der Waals surface area contributed by atoms with Crippen LogP contribution in [-0.4, -0.2) is 24.5 Å². The molecule has 0 aromatic carbocycles. The Morgan fingerprint density at radius 3 is 2.60 bits per heavy atom. The normalized spacial score (nSPS) is 19.6. The minimum Gasteiger partial charge on any atom is -0.303 e. The smallest absolute Gasteiger partial charge is 0.00158 e. The molecule has 0 bridgehead atoms. The number of allylic oxidation sites excluding steroid dienone is 1. The number of likely N-dealkylation sites (tertiary alicyclic amines) is 1. The van der Waals surface area contributed by atoms with Gasteiger partial charge in [-0.25, -0.2) is 0 Å². The molecule has 1 heterocycles. The maximum Gasteiger partial charge on any atom is -0.00158 e. The molecule has 0 N–H and O–H groups in total. The van der Waals surface area contributed by atoms with Crippen LogP contribution in [0.25, 0.3) is 0 Å². The van der Waals surface area contributed by atoms with Crippen LogP contribution in [0.1, 0.15) is 25.7 Å². The Labute approximate surface area is 63.7 Å². The zero-order valence-electron chi connectivity index (χ0n) is 6.68. The third kappa shape index (κ3) is 2.53. The van der Waals surface area contributed by atoms with Gasteiger partial charge in [-0.3, -0.25) is 0 Å². The molecule has 58 valence electrons. The molecule has 1 heteroatoms. The van der Waals surface area contributed by atoms with Gasteiger partial charge in [0.25, 0.3) is 0 Å². The Bertz CT molecular complexity index is 92.9. The summed E-state index contributed by atoms with van der Waals surface area (Å²) in [6.07, 6.45) is 7.30. The van der Waals surface area contributed by atoms with E-state index in [1.807, 2.05) is 6.08 Å². The lowest BCUT2D eigenvalue weighted by atomic mass is 10.3. The van der Waals surface area contributed by atoms with Crippen LogP contribution in [0.3, 0.4) is 0 Å². The van der Waals surface area contributed by atoms with E-state index in [9.17, 15) is 0 Å². The first-order valence-electron chi connectivity index (χ1n) is 4.27. The molecule has 10 heavy (non-hydrogen) atoms. The second-order valence-electron chi connectivity index (χ2n) is 2.98. The van der Waals surface area contributed by atoms with E-state index in [1.54, 1.807) is 0 Å².